The van der Waals surface area contributed by atoms with Gasteiger partial charge >= 0.3 is 6.09 Å². The normalized spacial score (nSPS) is 10.9. The molecular formula is C3H2F2INO3. The number of amides is 1. The van der Waals surface area contributed by atoms with Crippen molar-refractivity contribution in [3.63, 3.8) is 0 Å². The monoisotopic (exact) mass is 265 g/mol. The molecule has 0 aliphatic carbocycles. The fraction of sp³-hybridized carbons (Fsp3) is 0. The van der Waals surface area contributed by atoms with E-state index in [4.69, 9.17) is 5.11 Å². The van der Waals surface area contributed by atoms with Crippen LogP contribution in [0.25, 0.3) is 0 Å². The third kappa shape index (κ3) is 2.33. The molecule has 0 unspecified atom stereocenters. The maximum absolute atomic E-state index is 12.0. The second-order valence-electron chi connectivity index (χ2n) is 1.09. The first-order chi connectivity index (χ1) is 4.63. The number of carbonyl (C=O) groups is 1. The lowest BCUT2D eigenvalue weighted by Crippen LogP contribution is -2.19. The smallest absolute Gasteiger partial charge is 0.455 e. The molecule has 10 heavy (non-hydrogen) atoms. The molecule has 0 aromatic heterocycles. The maximum Gasteiger partial charge on any atom is 0.455 e. The van der Waals surface area contributed by atoms with Crippen LogP contribution in [-0.4, -0.2) is 16.3 Å². The molecule has 1 N–H and O–H groups in total. The van der Waals surface area contributed by atoms with Gasteiger partial charge in [0.1, 0.15) is 6.33 Å². The lowest BCUT2D eigenvalue weighted by molar-refractivity contribution is 0.0304. The van der Waals surface area contributed by atoms with Crippen LogP contribution in [0.1, 0.15) is 0 Å². The topological polar surface area (TPSA) is 49.8 Å². The molecule has 0 aromatic carbocycles. The second kappa shape index (κ2) is 4.25. The van der Waals surface area contributed by atoms with E-state index in [1.165, 1.54) is 0 Å². The summed E-state index contributed by atoms with van der Waals surface area (Å²) in [6.45, 7) is 0. The molecule has 4 nitrogen and oxygen atoms in total. The van der Waals surface area contributed by atoms with E-state index in [-0.39, 0.29) is 0 Å². The first-order valence-electron chi connectivity index (χ1n) is 1.91. The SMILES string of the molecule is O=C(OI)N(F)C(O)=CF. The number of aliphatic hydroxyl groups is 1. The number of hydrogen-bond acceptors (Lipinski definition) is 3. The maximum atomic E-state index is 12.0. The van der Waals surface area contributed by atoms with Gasteiger partial charge in [0.25, 0.3) is 5.88 Å². The Balaban J connectivity index is 4.08. The fourth-order valence-corrected chi connectivity index (χ4v) is 0.340. The van der Waals surface area contributed by atoms with Crippen LogP contribution in [0.4, 0.5) is 13.7 Å². The van der Waals surface area contributed by atoms with Crippen molar-refractivity contribution in [2.75, 3.05) is 0 Å². The molecular weight excluding hydrogens is 263 g/mol. The van der Waals surface area contributed by atoms with Crippen molar-refractivity contribution >= 4 is 29.1 Å². The highest BCUT2D eigenvalue weighted by atomic mass is 127. The molecule has 0 atom stereocenters. The Morgan fingerprint density at radius 1 is 1.80 bits per heavy atom. The summed E-state index contributed by atoms with van der Waals surface area (Å²) in [5, 5.41) is 7.28. The van der Waals surface area contributed by atoms with Gasteiger partial charge in [-0.3, -0.25) is 0 Å². The Hall–Kier alpha value is -0.600. The van der Waals surface area contributed by atoms with E-state index in [1.54, 1.807) is 0 Å². The van der Waals surface area contributed by atoms with Crippen molar-refractivity contribution in [3.8, 4) is 0 Å². The van der Waals surface area contributed by atoms with E-state index in [0.717, 1.165) is 23.0 Å². The standard InChI is InChI=1S/C3H2F2INO3/c4-1-2(8)7(5)3(9)10-6/h1,8H. The van der Waals surface area contributed by atoms with E-state index >= 15 is 0 Å². The number of nitrogens with zero attached hydrogens (tertiary/aromatic N) is 1. The van der Waals surface area contributed by atoms with Crippen molar-refractivity contribution in [2.45, 2.75) is 0 Å². The minimum atomic E-state index is -1.51. The summed E-state index contributed by atoms with van der Waals surface area (Å²) in [6, 6.07) is 0. The summed E-state index contributed by atoms with van der Waals surface area (Å²) >= 11 is 1.09. The van der Waals surface area contributed by atoms with Crippen LogP contribution in [0.5, 0.6) is 0 Å². The van der Waals surface area contributed by atoms with Crippen LogP contribution in [0.3, 0.4) is 0 Å². The van der Waals surface area contributed by atoms with Gasteiger partial charge in [0.05, 0.1) is 0 Å². The Labute approximate surface area is 68.7 Å². The molecule has 58 valence electrons. The minimum Gasteiger partial charge on any atom is -0.491 e. The molecule has 0 bridgehead atoms. The molecule has 0 aliphatic heterocycles. The van der Waals surface area contributed by atoms with E-state index in [2.05, 4.69) is 3.07 Å². The van der Waals surface area contributed by atoms with Crippen molar-refractivity contribution in [1.82, 2.24) is 5.12 Å². The molecule has 0 heterocycles. The lowest BCUT2D eigenvalue weighted by atomic mass is 10.8. The summed E-state index contributed by atoms with van der Waals surface area (Å²) in [6.07, 6.45) is -1.99. The van der Waals surface area contributed by atoms with Gasteiger partial charge in [0.2, 0.25) is 0 Å². The van der Waals surface area contributed by atoms with Gasteiger partial charge in [-0.25, -0.2) is 9.18 Å². The summed E-state index contributed by atoms with van der Waals surface area (Å²) in [5.74, 6) is -1.46. The van der Waals surface area contributed by atoms with Crippen molar-refractivity contribution in [3.05, 3.63) is 12.2 Å². The van der Waals surface area contributed by atoms with Crippen molar-refractivity contribution in [2.24, 2.45) is 0 Å². The largest absolute Gasteiger partial charge is 0.491 e. The van der Waals surface area contributed by atoms with Gasteiger partial charge in [0.15, 0.2) is 23.0 Å². The Morgan fingerprint density at radius 3 is 2.60 bits per heavy atom. The molecule has 0 spiro atoms. The summed E-state index contributed by atoms with van der Waals surface area (Å²) < 4.78 is 27.0. The molecule has 7 heteroatoms. The zero-order chi connectivity index (χ0) is 8.15. The first kappa shape index (κ1) is 9.40. The van der Waals surface area contributed by atoms with Gasteiger partial charge in [0, 0.05) is 0 Å². The average molecular weight is 265 g/mol. The predicted octanol–water partition coefficient (Wildman–Crippen LogP) is 1.99. The van der Waals surface area contributed by atoms with Crippen LogP contribution in [0, 0.1) is 0 Å². The fourth-order valence-electron chi connectivity index (χ4n) is 0.167. The first-order valence-corrected chi connectivity index (χ1v) is 2.79. The minimum absolute atomic E-state index is 0.479. The van der Waals surface area contributed by atoms with Gasteiger partial charge in [-0.05, 0) is 0 Å². The van der Waals surface area contributed by atoms with Gasteiger partial charge in [-0.15, -0.1) is 0 Å². The molecule has 0 saturated heterocycles. The number of carbonyl (C=O) groups excluding carboxylic acids is 1. The molecule has 1 amide bonds. The molecule has 0 rings (SSSR count). The predicted molar refractivity (Wildman–Crippen MR) is 35.3 cm³/mol. The molecule has 0 aliphatic rings. The van der Waals surface area contributed by atoms with Gasteiger partial charge < -0.3 is 8.17 Å². The van der Waals surface area contributed by atoms with Crippen LogP contribution in [-0.2, 0) is 3.07 Å². The summed E-state index contributed by atoms with van der Waals surface area (Å²) in [4.78, 5) is 10.1. The Morgan fingerprint density at radius 2 is 2.30 bits per heavy atom. The highest BCUT2D eigenvalue weighted by Crippen LogP contribution is 2.05. The lowest BCUT2D eigenvalue weighted by Gasteiger charge is -2.04. The molecule has 0 saturated carbocycles. The van der Waals surface area contributed by atoms with Crippen molar-refractivity contribution in [1.29, 1.82) is 0 Å². The van der Waals surface area contributed by atoms with Gasteiger partial charge in [-0.1, -0.05) is 9.60 Å². The number of rotatable bonds is 1. The van der Waals surface area contributed by atoms with Crippen LogP contribution in [0.15, 0.2) is 12.2 Å². The molecule has 0 fully saturated rings. The second-order valence-corrected chi connectivity index (χ2v) is 1.53. The third-order valence-electron chi connectivity index (χ3n) is 0.525. The Bertz CT molecular complexity index is 162. The van der Waals surface area contributed by atoms with Gasteiger partial charge in [-0.2, -0.15) is 0 Å². The third-order valence-corrected chi connectivity index (χ3v) is 0.902. The zero-order valence-corrected chi connectivity index (χ0v) is 6.58. The highest BCUT2D eigenvalue weighted by Gasteiger charge is 2.17. The molecule has 0 radical (unpaired) electrons. The Kier molecular flexibility index (Phi) is 4.00. The van der Waals surface area contributed by atoms with E-state index in [1.807, 2.05) is 0 Å². The van der Waals surface area contributed by atoms with Crippen LogP contribution < -0.4 is 0 Å². The van der Waals surface area contributed by atoms with Crippen LogP contribution in [0.2, 0.25) is 0 Å². The number of hydrogen-bond donors (Lipinski definition) is 1. The quantitative estimate of drug-likeness (QED) is 0.448. The summed E-state index contributed by atoms with van der Waals surface area (Å²) in [5.41, 5.74) is 0. The van der Waals surface area contributed by atoms with E-state index in [0.29, 0.717) is 0 Å². The highest BCUT2D eigenvalue weighted by molar-refractivity contribution is 14.1. The summed E-state index contributed by atoms with van der Waals surface area (Å²) in [7, 11) is 0. The van der Waals surface area contributed by atoms with E-state index in [9.17, 15) is 13.7 Å². The van der Waals surface area contributed by atoms with Crippen LogP contribution >= 0.6 is 23.0 Å². The average Bonchev–Trinajstić information content (AvgIpc) is 2.00. The number of aliphatic hydroxyl groups excluding tert-OH is 1. The van der Waals surface area contributed by atoms with Crippen molar-refractivity contribution < 1.29 is 21.8 Å². The van der Waals surface area contributed by atoms with E-state index < -0.39 is 23.4 Å². The zero-order valence-electron chi connectivity index (χ0n) is 4.42. The number of halogens is 3. The molecule has 0 aromatic rings.